The Morgan fingerprint density at radius 3 is 2.58 bits per heavy atom. The third-order valence-corrected chi connectivity index (χ3v) is 5.19. The van der Waals surface area contributed by atoms with Gasteiger partial charge in [-0.3, -0.25) is 14.5 Å². The molecule has 1 atom stereocenters. The van der Waals surface area contributed by atoms with Crippen LogP contribution in [0.5, 0.6) is 0 Å². The summed E-state index contributed by atoms with van der Waals surface area (Å²) in [4.78, 5) is 26.4. The molecular formula is C19H25ClN4O2. The van der Waals surface area contributed by atoms with Crippen molar-refractivity contribution in [3.8, 4) is 6.07 Å². The van der Waals surface area contributed by atoms with E-state index < -0.39 is 11.6 Å². The molecule has 1 fully saturated rings. The highest BCUT2D eigenvalue weighted by atomic mass is 35.5. The first kappa shape index (κ1) is 20.2. The zero-order valence-corrected chi connectivity index (χ0v) is 16.0. The van der Waals surface area contributed by atoms with Gasteiger partial charge in [0.2, 0.25) is 11.8 Å². The van der Waals surface area contributed by atoms with Crippen LogP contribution in [-0.4, -0.2) is 41.9 Å². The van der Waals surface area contributed by atoms with E-state index in [2.05, 4.69) is 16.7 Å². The van der Waals surface area contributed by atoms with Crippen molar-refractivity contribution < 1.29 is 9.59 Å². The lowest BCUT2D eigenvalue weighted by Crippen LogP contribution is -2.55. The maximum atomic E-state index is 12.6. The summed E-state index contributed by atoms with van der Waals surface area (Å²) in [5.41, 5.74) is -0.236. The minimum absolute atomic E-state index is 0.0410. The molecule has 0 radical (unpaired) electrons. The lowest BCUT2D eigenvalue weighted by atomic mass is 9.82. The van der Waals surface area contributed by atoms with Crippen LogP contribution in [0.1, 0.15) is 39.0 Å². The minimum Gasteiger partial charge on any atom is -0.336 e. The normalized spacial score (nSPS) is 17.2. The fourth-order valence-electron chi connectivity index (χ4n) is 3.08. The second-order valence-corrected chi connectivity index (χ2v) is 7.27. The molecule has 2 amide bonds. The zero-order chi connectivity index (χ0) is 19.2. The third kappa shape index (κ3) is 5.20. The number of nitrogens with one attached hydrogen (secondary N) is 2. The predicted octanol–water partition coefficient (Wildman–Crippen LogP) is 2.94. The molecule has 2 rings (SSSR count). The number of anilines is 1. The van der Waals surface area contributed by atoms with Gasteiger partial charge in [0.15, 0.2) is 0 Å². The van der Waals surface area contributed by atoms with Gasteiger partial charge in [-0.15, -0.1) is 0 Å². The Morgan fingerprint density at radius 2 is 1.96 bits per heavy atom. The molecule has 1 aliphatic carbocycles. The van der Waals surface area contributed by atoms with Gasteiger partial charge in [-0.25, -0.2) is 0 Å². The molecule has 1 aromatic carbocycles. The summed E-state index contributed by atoms with van der Waals surface area (Å²) in [5.74, 6) is -0.491. The summed E-state index contributed by atoms with van der Waals surface area (Å²) in [6.07, 6.45) is 4.34. The maximum Gasteiger partial charge on any atom is 0.238 e. The SMILES string of the molecule is C[C@H](C(=O)NC1(C#N)CCCCC1)N(C)CC(=O)Nc1ccccc1Cl. The Hall–Kier alpha value is -2.10. The van der Waals surface area contributed by atoms with Crippen LogP contribution in [0.25, 0.3) is 0 Å². The van der Waals surface area contributed by atoms with E-state index in [1.54, 1.807) is 43.1 Å². The summed E-state index contributed by atoms with van der Waals surface area (Å²) >= 11 is 6.03. The van der Waals surface area contributed by atoms with Crippen molar-refractivity contribution in [2.24, 2.45) is 0 Å². The summed E-state index contributed by atoms with van der Waals surface area (Å²) in [6, 6.07) is 8.73. The molecule has 26 heavy (non-hydrogen) atoms. The van der Waals surface area contributed by atoms with Crippen LogP contribution in [-0.2, 0) is 9.59 Å². The highest BCUT2D eigenvalue weighted by Crippen LogP contribution is 2.27. The number of benzene rings is 1. The van der Waals surface area contributed by atoms with E-state index in [1.165, 1.54) is 0 Å². The van der Waals surface area contributed by atoms with Gasteiger partial charge in [0.25, 0.3) is 0 Å². The van der Waals surface area contributed by atoms with Gasteiger partial charge in [0, 0.05) is 0 Å². The number of likely N-dealkylation sites (N-methyl/N-ethyl adjacent to an activating group) is 1. The number of carbonyl (C=O) groups is 2. The number of nitrogens with zero attached hydrogens (tertiary/aromatic N) is 2. The number of halogens is 1. The first-order chi connectivity index (χ1) is 12.4. The van der Waals surface area contributed by atoms with Gasteiger partial charge in [-0.05, 0) is 38.9 Å². The standard InChI is InChI=1S/C19H25ClN4O2/c1-14(18(26)23-19(13-21)10-6-3-7-11-19)24(2)12-17(25)22-16-9-5-4-8-15(16)20/h4-5,8-9,14H,3,6-7,10-12H2,1-2H3,(H,22,25)(H,23,26)/t14-/m1/s1. The van der Waals surface area contributed by atoms with E-state index in [-0.39, 0.29) is 18.4 Å². The summed E-state index contributed by atoms with van der Waals surface area (Å²) < 4.78 is 0. The number of carbonyl (C=O) groups excluding carboxylic acids is 2. The van der Waals surface area contributed by atoms with Gasteiger partial charge in [-0.2, -0.15) is 5.26 Å². The van der Waals surface area contributed by atoms with Crippen molar-refractivity contribution >= 4 is 29.1 Å². The lowest BCUT2D eigenvalue weighted by molar-refractivity contribution is -0.128. The molecule has 0 saturated heterocycles. The van der Waals surface area contributed by atoms with E-state index in [9.17, 15) is 14.9 Å². The van der Waals surface area contributed by atoms with Gasteiger partial charge < -0.3 is 10.6 Å². The monoisotopic (exact) mass is 376 g/mol. The lowest BCUT2D eigenvalue weighted by Gasteiger charge is -2.34. The van der Waals surface area contributed by atoms with Crippen molar-refractivity contribution in [1.29, 1.82) is 5.26 Å². The van der Waals surface area contributed by atoms with Crippen molar-refractivity contribution in [1.82, 2.24) is 10.2 Å². The Balaban J connectivity index is 1.90. The molecule has 0 heterocycles. The van der Waals surface area contributed by atoms with Gasteiger partial charge in [-0.1, -0.05) is 43.0 Å². The van der Waals surface area contributed by atoms with Gasteiger partial charge >= 0.3 is 0 Å². The quantitative estimate of drug-likeness (QED) is 0.799. The Bertz CT molecular complexity index is 695. The average Bonchev–Trinajstić information content (AvgIpc) is 2.63. The molecule has 2 N–H and O–H groups in total. The molecular weight excluding hydrogens is 352 g/mol. The number of para-hydroxylation sites is 1. The molecule has 0 bridgehead atoms. The number of hydrogen-bond acceptors (Lipinski definition) is 4. The minimum atomic E-state index is -0.774. The van der Waals surface area contributed by atoms with Crippen LogP contribution in [0.15, 0.2) is 24.3 Å². The van der Waals surface area contributed by atoms with Crippen LogP contribution in [0.2, 0.25) is 5.02 Å². The molecule has 7 heteroatoms. The van der Waals surface area contributed by atoms with Crippen LogP contribution in [0, 0.1) is 11.3 Å². The number of rotatable bonds is 6. The summed E-state index contributed by atoms with van der Waals surface area (Å²) in [7, 11) is 1.70. The van der Waals surface area contributed by atoms with E-state index in [1.807, 2.05) is 0 Å². The Kier molecular flexibility index (Phi) is 7.01. The molecule has 6 nitrogen and oxygen atoms in total. The van der Waals surface area contributed by atoms with E-state index in [4.69, 9.17) is 11.6 Å². The van der Waals surface area contributed by atoms with Crippen LogP contribution in [0.4, 0.5) is 5.69 Å². The molecule has 0 aromatic heterocycles. The largest absolute Gasteiger partial charge is 0.336 e. The Morgan fingerprint density at radius 1 is 1.31 bits per heavy atom. The second-order valence-electron chi connectivity index (χ2n) is 6.86. The van der Waals surface area contributed by atoms with Crippen molar-refractivity contribution in [2.75, 3.05) is 18.9 Å². The number of hydrogen-bond donors (Lipinski definition) is 2. The topological polar surface area (TPSA) is 85.2 Å². The van der Waals surface area contributed by atoms with E-state index >= 15 is 0 Å². The zero-order valence-electron chi connectivity index (χ0n) is 15.2. The highest BCUT2D eigenvalue weighted by Gasteiger charge is 2.35. The third-order valence-electron chi connectivity index (χ3n) is 4.87. The highest BCUT2D eigenvalue weighted by molar-refractivity contribution is 6.33. The molecule has 0 spiro atoms. The van der Waals surface area contributed by atoms with Gasteiger partial charge in [0.05, 0.1) is 29.4 Å². The summed E-state index contributed by atoms with van der Waals surface area (Å²) in [5, 5.41) is 15.6. The van der Waals surface area contributed by atoms with Gasteiger partial charge in [0.1, 0.15) is 5.54 Å². The van der Waals surface area contributed by atoms with Crippen LogP contribution < -0.4 is 10.6 Å². The summed E-state index contributed by atoms with van der Waals surface area (Å²) in [6.45, 7) is 1.77. The van der Waals surface area contributed by atoms with E-state index in [0.717, 1.165) is 19.3 Å². The maximum absolute atomic E-state index is 12.6. The number of nitriles is 1. The Labute approximate surface area is 159 Å². The molecule has 0 unspecified atom stereocenters. The molecule has 0 aliphatic heterocycles. The molecule has 140 valence electrons. The second kappa shape index (κ2) is 9.02. The number of amides is 2. The van der Waals surface area contributed by atoms with Crippen molar-refractivity contribution in [3.63, 3.8) is 0 Å². The fourth-order valence-corrected chi connectivity index (χ4v) is 3.26. The molecule has 1 aliphatic rings. The van der Waals surface area contributed by atoms with Crippen LogP contribution in [0.3, 0.4) is 0 Å². The van der Waals surface area contributed by atoms with Crippen molar-refractivity contribution in [3.05, 3.63) is 29.3 Å². The fraction of sp³-hybridized carbons (Fsp3) is 0.526. The predicted molar refractivity (Wildman–Crippen MR) is 102 cm³/mol. The van der Waals surface area contributed by atoms with Crippen LogP contribution >= 0.6 is 11.6 Å². The average molecular weight is 377 g/mol. The smallest absolute Gasteiger partial charge is 0.238 e. The van der Waals surface area contributed by atoms with E-state index in [0.29, 0.717) is 23.6 Å². The molecule has 1 saturated carbocycles. The van der Waals surface area contributed by atoms with Crippen molar-refractivity contribution in [2.45, 2.75) is 50.6 Å². The first-order valence-electron chi connectivity index (χ1n) is 8.85. The first-order valence-corrected chi connectivity index (χ1v) is 9.22. The molecule has 1 aromatic rings.